The van der Waals surface area contributed by atoms with E-state index in [0.717, 1.165) is 12.8 Å². The molecule has 0 atom stereocenters. The number of aryl methyl sites for hydroxylation is 1. The molecule has 7 heteroatoms. The van der Waals surface area contributed by atoms with Gasteiger partial charge in [-0.15, -0.1) is 5.23 Å². The number of nitrogens with zero attached hydrogens (tertiary/aromatic N) is 2. The second-order valence-corrected chi connectivity index (χ2v) is 4.77. The van der Waals surface area contributed by atoms with Crippen LogP contribution in [0.1, 0.15) is 37.8 Å². The lowest BCUT2D eigenvalue weighted by Gasteiger charge is -2.41. The summed E-state index contributed by atoms with van der Waals surface area (Å²) >= 11 is 0. The molecule has 1 aromatic carbocycles. The largest absolute Gasteiger partial charge is 0.769 e. The van der Waals surface area contributed by atoms with Gasteiger partial charge in [-0.25, -0.2) is 0 Å². The van der Waals surface area contributed by atoms with E-state index in [2.05, 4.69) is 5.32 Å². The van der Waals surface area contributed by atoms with E-state index in [4.69, 9.17) is 0 Å². The molecule has 0 radical (unpaired) electrons. The van der Waals surface area contributed by atoms with E-state index < -0.39 is 5.23 Å². The van der Waals surface area contributed by atoms with Crippen molar-refractivity contribution in [2.45, 2.75) is 46.6 Å². The van der Waals surface area contributed by atoms with Crippen molar-refractivity contribution in [3.8, 4) is 0 Å². The molecule has 0 aliphatic heterocycles. The number of nitrogens with one attached hydrogen (secondary N) is 1. The summed E-state index contributed by atoms with van der Waals surface area (Å²) in [5.41, 5.74) is 1.19. The Bertz CT molecular complexity index is 459. The van der Waals surface area contributed by atoms with Gasteiger partial charge in [-0.1, -0.05) is 13.8 Å². The van der Waals surface area contributed by atoms with Crippen molar-refractivity contribution in [3.05, 3.63) is 27.6 Å². The summed E-state index contributed by atoms with van der Waals surface area (Å²) < 4.78 is 0. The van der Waals surface area contributed by atoms with Crippen LogP contribution in [0.15, 0.2) is 6.07 Å². The molecule has 0 spiro atoms. The third kappa shape index (κ3) is 3.31. The maximum Gasteiger partial charge on any atom is 0.123 e. The monoisotopic (exact) mass is 283 g/mol. The predicted molar refractivity (Wildman–Crippen MR) is 79.2 cm³/mol. The molecule has 7 nitrogen and oxygen atoms in total. The summed E-state index contributed by atoms with van der Waals surface area (Å²) in [6.45, 7) is 7.30. The molecule has 1 rings (SSSR count). The van der Waals surface area contributed by atoms with Crippen LogP contribution in [0.3, 0.4) is 0 Å². The summed E-state index contributed by atoms with van der Waals surface area (Å²) in [5.74, 6) is 0. The summed E-state index contributed by atoms with van der Waals surface area (Å²) in [4.78, 5) is 0. The number of rotatable bonds is 6. The van der Waals surface area contributed by atoms with Gasteiger partial charge in [-0.3, -0.25) is 10.4 Å². The summed E-state index contributed by atoms with van der Waals surface area (Å²) in [6.07, 6.45) is 1.55. The Hall–Kier alpha value is -1.54. The fraction of sp³-hybridized carbons (Fsp3) is 0.538. The first-order chi connectivity index (χ1) is 9.33. The first-order valence-electron chi connectivity index (χ1n) is 6.56. The molecule has 20 heavy (non-hydrogen) atoms. The van der Waals surface area contributed by atoms with Crippen molar-refractivity contribution in [1.82, 2.24) is 0 Å². The highest BCUT2D eigenvalue weighted by molar-refractivity contribution is 5.86. The molecule has 0 aliphatic rings. The lowest BCUT2D eigenvalue weighted by Crippen LogP contribution is -2.23. The number of benzene rings is 1. The molecule has 0 heterocycles. The van der Waals surface area contributed by atoms with Crippen molar-refractivity contribution in [2.75, 3.05) is 15.8 Å². The second-order valence-electron chi connectivity index (χ2n) is 4.77. The molecule has 0 bridgehead atoms. The normalized spacial score (nSPS) is 10.8. The van der Waals surface area contributed by atoms with Crippen LogP contribution in [0, 0.1) is 24.3 Å². The van der Waals surface area contributed by atoms with E-state index in [0.29, 0.717) is 11.1 Å². The number of hydrogen-bond donors (Lipinski definition) is 3. The third-order valence-electron chi connectivity index (χ3n) is 3.52. The van der Waals surface area contributed by atoms with E-state index in [-0.39, 0.29) is 28.3 Å². The Morgan fingerprint density at radius 3 is 2.15 bits per heavy atom. The zero-order valence-corrected chi connectivity index (χ0v) is 12.2. The van der Waals surface area contributed by atoms with E-state index in [1.54, 1.807) is 13.8 Å². The van der Waals surface area contributed by atoms with E-state index in [9.17, 15) is 20.8 Å². The van der Waals surface area contributed by atoms with Crippen LogP contribution in [0.2, 0.25) is 0 Å². The van der Waals surface area contributed by atoms with Crippen LogP contribution in [-0.4, -0.2) is 16.5 Å². The highest BCUT2D eigenvalue weighted by Gasteiger charge is 2.19. The van der Waals surface area contributed by atoms with Crippen LogP contribution >= 0.6 is 0 Å². The zero-order chi connectivity index (χ0) is 15.4. The average Bonchev–Trinajstić information content (AvgIpc) is 2.38. The van der Waals surface area contributed by atoms with Crippen LogP contribution in [0.25, 0.3) is 0 Å². The maximum atomic E-state index is 11.2. The van der Waals surface area contributed by atoms with Gasteiger partial charge in [-0.05, 0) is 43.9 Å². The van der Waals surface area contributed by atoms with Crippen LogP contribution < -0.4 is 15.8 Å². The van der Waals surface area contributed by atoms with E-state index in [1.165, 1.54) is 6.07 Å². The average molecular weight is 283 g/mol. The Balaban J connectivity index is 3.46. The fourth-order valence-corrected chi connectivity index (χ4v) is 2.11. The van der Waals surface area contributed by atoms with Gasteiger partial charge in [-0.2, -0.15) is 0 Å². The number of anilines is 3. The third-order valence-corrected chi connectivity index (χ3v) is 3.52. The van der Waals surface area contributed by atoms with Gasteiger partial charge in [0.25, 0.3) is 0 Å². The van der Waals surface area contributed by atoms with E-state index >= 15 is 0 Å². The quantitative estimate of drug-likeness (QED) is 0.688. The molecule has 0 aromatic heterocycles. The predicted octanol–water partition coefficient (Wildman–Crippen LogP) is 3.29. The summed E-state index contributed by atoms with van der Waals surface area (Å²) in [5, 5.41) is 43.7. The molecular formula is C13H21N3O4-2. The summed E-state index contributed by atoms with van der Waals surface area (Å²) in [6, 6.07) is 1.46. The van der Waals surface area contributed by atoms with Gasteiger partial charge in [0.1, 0.15) is 5.69 Å². The smallest absolute Gasteiger partial charge is 0.123 e. The molecule has 0 saturated carbocycles. The molecule has 0 fully saturated rings. The Kier molecular flexibility index (Phi) is 5.58. The molecular weight excluding hydrogens is 262 g/mol. The van der Waals surface area contributed by atoms with Gasteiger partial charge in [0.15, 0.2) is 0 Å². The van der Waals surface area contributed by atoms with Gasteiger partial charge in [0, 0.05) is 11.7 Å². The SMILES string of the molecule is CCC(CC)Nc1c(N([O-])[O-])cc(C)c(C)c1N(O)O. The lowest BCUT2D eigenvalue weighted by molar-refractivity contribution is 0.0292. The molecule has 0 amide bonds. The fourth-order valence-electron chi connectivity index (χ4n) is 2.11. The molecule has 1 aromatic rings. The molecule has 0 aliphatic carbocycles. The molecule has 3 N–H and O–H groups in total. The molecule has 0 unspecified atom stereocenters. The lowest BCUT2D eigenvalue weighted by atomic mass is 10.0. The van der Waals surface area contributed by atoms with Crippen LogP contribution in [0.5, 0.6) is 0 Å². The van der Waals surface area contributed by atoms with E-state index in [1.807, 2.05) is 13.8 Å². The Morgan fingerprint density at radius 2 is 1.75 bits per heavy atom. The van der Waals surface area contributed by atoms with Crippen LogP contribution in [-0.2, 0) is 0 Å². The molecule has 0 saturated heterocycles. The van der Waals surface area contributed by atoms with Crippen LogP contribution in [0.4, 0.5) is 17.1 Å². The van der Waals surface area contributed by atoms with Gasteiger partial charge in [0.05, 0.1) is 5.69 Å². The zero-order valence-electron chi connectivity index (χ0n) is 12.2. The van der Waals surface area contributed by atoms with Crippen molar-refractivity contribution in [1.29, 1.82) is 0 Å². The van der Waals surface area contributed by atoms with Gasteiger partial charge in [0.2, 0.25) is 0 Å². The first kappa shape index (κ1) is 16.5. The second kappa shape index (κ2) is 6.76. The minimum Gasteiger partial charge on any atom is -0.769 e. The van der Waals surface area contributed by atoms with Crippen molar-refractivity contribution in [3.63, 3.8) is 0 Å². The summed E-state index contributed by atoms with van der Waals surface area (Å²) in [7, 11) is 0. The first-order valence-corrected chi connectivity index (χ1v) is 6.56. The topological polar surface area (TPSA) is 105 Å². The Labute approximate surface area is 118 Å². The van der Waals surface area contributed by atoms with Gasteiger partial charge < -0.3 is 21.0 Å². The van der Waals surface area contributed by atoms with Crippen molar-refractivity contribution in [2.24, 2.45) is 0 Å². The standard InChI is InChI=1S/C13H21N3O4/c1-5-10(6-2)14-12-11(15(17)18)7-8(3)9(4)13(12)16(19)20/h7,10,14,19-20H,5-6H2,1-4H3/q-2. The van der Waals surface area contributed by atoms with Crippen molar-refractivity contribution >= 4 is 17.1 Å². The van der Waals surface area contributed by atoms with Crippen molar-refractivity contribution < 1.29 is 10.4 Å². The van der Waals surface area contributed by atoms with Gasteiger partial charge >= 0.3 is 0 Å². The maximum absolute atomic E-state index is 11.2. The molecule has 114 valence electrons. The minimum atomic E-state index is -0.524. The minimum absolute atomic E-state index is 0.0172. The highest BCUT2D eigenvalue weighted by Crippen LogP contribution is 2.40. The number of hydrogen-bond acceptors (Lipinski definition) is 7. The Morgan fingerprint density at radius 1 is 1.20 bits per heavy atom. The highest BCUT2D eigenvalue weighted by atomic mass is 16.8.